The number of rotatable bonds is 3. The van der Waals surface area contributed by atoms with Crippen molar-refractivity contribution >= 4 is 5.91 Å². The lowest BCUT2D eigenvalue weighted by Gasteiger charge is -2.11. The Balaban J connectivity index is 2.16. The van der Waals surface area contributed by atoms with Crippen molar-refractivity contribution in [2.45, 2.75) is 12.7 Å². The van der Waals surface area contributed by atoms with Crippen LogP contribution in [0.1, 0.15) is 21.5 Å². The fraction of sp³-hybridized carbons (Fsp3) is 0.214. The molecule has 0 aliphatic heterocycles. The molecular formula is C14H12F4N2O. The van der Waals surface area contributed by atoms with E-state index in [2.05, 4.69) is 5.32 Å². The molecular weight excluding hydrogens is 288 g/mol. The van der Waals surface area contributed by atoms with Gasteiger partial charge >= 0.3 is 6.18 Å². The maximum Gasteiger partial charge on any atom is 0.419 e. The maximum atomic E-state index is 13.8. The zero-order chi connectivity index (χ0) is 15.6. The van der Waals surface area contributed by atoms with E-state index in [-0.39, 0.29) is 6.54 Å². The van der Waals surface area contributed by atoms with Crippen LogP contribution in [0.25, 0.3) is 0 Å². The number of carbonyl (C=O) groups excluding carboxylic acids is 1. The average molecular weight is 300 g/mol. The Bertz CT molecular complexity index is 661. The van der Waals surface area contributed by atoms with E-state index in [0.717, 1.165) is 17.7 Å². The first kappa shape index (κ1) is 15.1. The molecule has 1 amide bonds. The number of halogens is 4. The molecule has 2 rings (SSSR count). The Hall–Kier alpha value is -2.31. The highest BCUT2D eigenvalue weighted by atomic mass is 19.4. The Kier molecular flexibility index (Phi) is 4.02. The van der Waals surface area contributed by atoms with Crippen LogP contribution in [0.15, 0.2) is 36.7 Å². The van der Waals surface area contributed by atoms with Gasteiger partial charge in [-0.1, -0.05) is 6.07 Å². The van der Waals surface area contributed by atoms with E-state index >= 15 is 0 Å². The molecule has 0 bridgehead atoms. The van der Waals surface area contributed by atoms with Crippen molar-refractivity contribution in [1.82, 2.24) is 9.88 Å². The minimum absolute atomic E-state index is 0.107. The van der Waals surface area contributed by atoms with Gasteiger partial charge in [0, 0.05) is 26.0 Å². The number of aromatic nitrogens is 1. The number of alkyl halides is 3. The van der Waals surface area contributed by atoms with Gasteiger partial charge in [0.2, 0.25) is 0 Å². The smallest absolute Gasteiger partial charge is 0.357 e. The first-order chi connectivity index (χ1) is 9.79. The molecule has 0 aliphatic rings. The van der Waals surface area contributed by atoms with E-state index in [4.69, 9.17) is 0 Å². The second kappa shape index (κ2) is 5.59. The van der Waals surface area contributed by atoms with Crippen LogP contribution < -0.4 is 5.32 Å². The molecule has 3 nitrogen and oxygen atoms in total. The number of hydrogen-bond acceptors (Lipinski definition) is 1. The first-order valence-corrected chi connectivity index (χ1v) is 6.04. The lowest BCUT2D eigenvalue weighted by atomic mass is 10.1. The Morgan fingerprint density at radius 2 is 2.00 bits per heavy atom. The normalized spacial score (nSPS) is 11.5. The van der Waals surface area contributed by atoms with Gasteiger partial charge in [0.25, 0.3) is 5.91 Å². The van der Waals surface area contributed by atoms with Gasteiger partial charge in [-0.25, -0.2) is 4.39 Å². The summed E-state index contributed by atoms with van der Waals surface area (Å²) in [6.45, 7) is 0.107. The highest BCUT2D eigenvalue weighted by Gasteiger charge is 2.35. The van der Waals surface area contributed by atoms with Crippen molar-refractivity contribution in [3.8, 4) is 0 Å². The van der Waals surface area contributed by atoms with Crippen LogP contribution >= 0.6 is 0 Å². The Labute approximate surface area is 118 Å². The largest absolute Gasteiger partial charge is 0.419 e. The third-order valence-corrected chi connectivity index (χ3v) is 2.90. The SMILES string of the molecule is Cn1ccc(CNC(=O)c2cccc(C(F)(F)F)c2F)c1. The van der Waals surface area contributed by atoms with Gasteiger partial charge in [-0.3, -0.25) is 4.79 Å². The fourth-order valence-electron chi connectivity index (χ4n) is 1.87. The molecule has 1 heterocycles. The Morgan fingerprint density at radius 3 is 2.57 bits per heavy atom. The van der Waals surface area contributed by atoms with Crippen LogP contribution in [0.5, 0.6) is 0 Å². The molecule has 0 unspecified atom stereocenters. The molecule has 2 aromatic rings. The molecule has 7 heteroatoms. The summed E-state index contributed by atoms with van der Waals surface area (Å²) in [6.07, 6.45) is -1.34. The molecule has 0 atom stereocenters. The summed E-state index contributed by atoms with van der Waals surface area (Å²) in [4.78, 5) is 11.8. The van der Waals surface area contributed by atoms with Crippen LogP contribution in [-0.4, -0.2) is 10.5 Å². The second-order valence-corrected chi connectivity index (χ2v) is 4.53. The summed E-state index contributed by atoms with van der Waals surface area (Å²) >= 11 is 0. The van der Waals surface area contributed by atoms with Gasteiger partial charge in [0.15, 0.2) is 0 Å². The summed E-state index contributed by atoms with van der Waals surface area (Å²) in [7, 11) is 1.79. The molecule has 0 spiro atoms. The molecule has 0 saturated carbocycles. The predicted molar refractivity (Wildman–Crippen MR) is 68.0 cm³/mol. The van der Waals surface area contributed by atoms with E-state index in [1.165, 1.54) is 0 Å². The number of carbonyl (C=O) groups is 1. The van der Waals surface area contributed by atoms with Crippen LogP contribution in [0.4, 0.5) is 17.6 Å². The highest BCUT2D eigenvalue weighted by molar-refractivity contribution is 5.94. The minimum Gasteiger partial charge on any atom is -0.357 e. The fourth-order valence-corrected chi connectivity index (χ4v) is 1.87. The van der Waals surface area contributed by atoms with Gasteiger partial charge in [0.1, 0.15) is 5.82 Å². The zero-order valence-electron chi connectivity index (χ0n) is 11.0. The molecule has 21 heavy (non-hydrogen) atoms. The molecule has 0 saturated heterocycles. The summed E-state index contributed by atoms with van der Waals surface area (Å²) in [5.41, 5.74) is -1.31. The lowest BCUT2D eigenvalue weighted by Crippen LogP contribution is -2.25. The molecule has 1 N–H and O–H groups in total. The molecule has 1 aromatic heterocycles. The lowest BCUT2D eigenvalue weighted by molar-refractivity contribution is -0.140. The number of nitrogens with zero attached hydrogens (tertiary/aromatic N) is 1. The van der Waals surface area contributed by atoms with Crippen molar-refractivity contribution in [3.05, 3.63) is 59.2 Å². The van der Waals surface area contributed by atoms with Crippen LogP contribution in [0, 0.1) is 5.82 Å². The molecule has 112 valence electrons. The highest BCUT2D eigenvalue weighted by Crippen LogP contribution is 2.32. The summed E-state index contributed by atoms with van der Waals surface area (Å²) in [5.74, 6) is -2.45. The van der Waals surface area contributed by atoms with Crippen molar-refractivity contribution in [2.75, 3.05) is 0 Å². The van der Waals surface area contributed by atoms with Crippen LogP contribution in [0.3, 0.4) is 0 Å². The van der Waals surface area contributed by atoms with Crippen molar-refractivity contribution in [3.63, 3.8) is 0 Å². The first-order valence-electron chi connectivity index (χ1n) is 6.04. The molecule has 0 aliphatic carbocycles. The van der Waals surface area contributed by atoms with Gasteiger partial charge in [-0.2, -0.15) is 13.2 Å². The van der Waals surface area contributed by atoms with Crippen molar-refractivity contribution < 1.29 is 22.4 Å². The van der Waals surface area contributed by atoms with E-state index in [9.17, 15) is 22.4 Å². The van der Waals surface area contributed by atoms with Gasteiger partial charge in [-0.15, -0.1) is 0 Å². The monoisotopic (exact) mass is 300 g/mol. The Morgan fingerprint density at radius 1 is 1.29 bits per heavy atom. The van der Waals surface area contributed by atoms with E-state index in [1.807, 2.05) is 0 Å². The second-order valence-electron chi connectivity index (χ2n) is 4.53. The van der Waals surface area contributed by atoms with Crippen LogP contribution in [-0.2, 0) is 19.8 Å². The number of benzene rings is 1. The topological polar surface area (TPSA) is 34.0 Å². The standard InChI is InChI=1S/C14H12F4N2O/c1-20-6-5-9(8-20)7-19-13(21)10-3-2-4-11(12(10)15)14(16,17)18/h2-6,8H,7H2,1H3,(H,19,21). The third kappa shape index (κ3) is 3.42. The van der Waals surface area contributed by atoms with E-state index in [1.54, 1.807) is 30.1 Å². The summed E-state index contributed by atoms with van der Waals surface area (Å²) in [6, 6.07) is 4.36. The number of aryl methyl sites for hydroxylation is 1. The van der Waals surface area contributed by atoms with Crippen molar-refractivity contribution in [1.29, 1.82) is 0 Å². The number of nitrogens with one attached hydrogen (secondary N) is 1. The zero-order valence-corrected chi connectivity index (χ0v) is 11.0. The number of amides is 1. The van der Waals surface area contributed by atoms with Gasteiger partial charge < -0.3 is 9.88 Å². The number of hydrogen-bond donors (Lipinski definition) is 1. The van der Waals surface area contributed by atoms with Crippen molar-refractivity contribution in [2.24, 2.45) is 7.05 Å². The predicted octanol–water partition coefficient (Wildman–Crippen LogP) is 3.11. The van der Waals surface area contributed by atoms with Crippen LogP contribution in [0.2, 0.25) is 0 Å². The maximum absolute atomic E-state index is 13.8. The van der Waals surface area contributed by atoms with E-state index in [0.29, 0.717) is 6.07 Å². The third-order valence-electron chi connectivity index (χ3n) is 2.90. The van der Waals surface area contributed by atoms with E-state index < -0.39 is 29.0 Å². The molecule has 0 fully saturated rings. The molecule has 0 radical (unpaired) electrons. The minimum atomic E-state index is -4.83. The quantitative estimate of drug-likeness (QED) is 0.868. The summed E-state index contributed by atoms with van der Waals surface area (Å²) < 4.78 is 53.2. The average Bonchev–Trinajstić information content (AvgIpc) is 2.80. The van der Waals surface area contributed by atoms with Gasteiger partial charge in [0.05, 0.1) is 11.1 Å². The molecule has 1 aromatic carbocycles. The summed E-state index contributed by atoms with van der Waals surface area (Å²) in [5, 5.41) is 2.39. The van der Waals surface area contributed by atoms with Gasteiger partial charge in [-0.05, 0) is 23.8 Å².